The molecule has 0 aliphatic carbocycles. The largest absolute Gasteiger partial charge is 0.433 e. The molecule has 3 heterocycles. The smallest absolute Gasteiger partial charge is 0.368 e. The molecule has 32 heavy (non-hydrogen) atoms. The average Bonchev–Trinajstić information content (AvgIpc) is 3.09. The second-order valence-corrected chi connectivity index (χ2v) is 8.71. The highest BCUT2D eigenvalue weighted by molar-refractivity contribution is 6.04. The normalized spacial score (nSPS) is 18.7. The van der Waals surface area contributed by atoms with E-state index < -0.39 is 23.3 Å². The van der Waals surface area contributed by atoms with Gasteiger partial charge in [0.15, 0.2) is 0 Å². The summed E-state index contributed by atoms with van der Waals surface area (Å²) in [6.45, 7) is 7.02. The quantitative estimate of drug-likeness (QED) is 0.729. The second kappa shape index (κ2) is 8.74. The van der Waals surface area contributed by atoms with Gasteiger partial charge in [-0.05, 0) is 37.0 Å². The van der Waals surface area contributed by atoms with E-state index in [1.807, 2.05) is 31.7 Å². The molecule has 1 atom stereocenters. The van der Waals surface area contributed by atoms with Crippen LogP contribution in [-0.2, 0) is 6.18 Å². The van der Waals surface area contributed by atoms with Crippen molar-refractivity contribution in [3.05, 3.63) is 41.5 Å². The average molecular weight is 446 g/mol. The minimum absolute atomic E-state index is 0.0784. The Labute approximate surface area is 184 Å². The van der Waals surface area contributed by atoms with E-state index in [-0.39, 0.29) is 28.3 Å². The van der Waals surface area contributed by atoms with Crippen LogP contribution in [0.25, 0.3) is 11.1 Å². The molecule has 0 radical (unpaired) electrons. The van der Waals surface area contributed by atoms with Crippen LogP contribution >= 0.6 is 0 Å². The number of halogens is 3. The number of nitrogens with one attached hydrogen (secondary N) is 1. The van der Waals surface area contributed by atoms with Gasteiger partial charge in [-0.2, -0.15) is 18.4 Å². The van der Waals surface area contributed by atoms with Gasteiger partial charge < -0.3 is 16.0 Å². The first kappa shape index (κ1) is 23.5. The number of anilines is 1. The standard InChI is InChI=1S/C22H25F3N6O/c1-13(2)10-30-20(32)15-11-29-16(9-26)18(19(15)31-7-5-21(3,27)12-31)14-4-6-28-17(8-14)22(23,24)25/h4,6,8,11,13H,5,7,10,12,27H2,1-3H3,(H,30,32)/t21-/m0/s1. The highest BCUT2D eigenvalue weighted by Gasteiger charge is 2.36. The van der Waals surface area contributed by atoms with Crippen LogP contribution in [0.3, 0.4) is 0 Å². The Bertz CT molecular complexity index is 1060. The predicted molar refractivity (Wildman–Crippen MR) is 114 cm³/mol. The molecule has 2 aromatic heterocycles. The van der Waals surface area contributed by atoms with Gasteiger partial charge in [-0.3, -0.25) is 9.78 Å². The third kappa shape index (κ3) is 4.99. The van der Waals surface area contributed by atoms with E-state index in [2.05, 4.69) is 15.3 Å². The third-order valence-electron chi connectivity index (χ3n) is 5.23. The Kier molecular flexibility index (Phi) is 6.41. The number of amides is 1. The van der Waals surface area contributed by atoms with E-state index >= 15 is 0 Å². The third-order valence-corrected chi connectivity index (χ3v) is 5.23. The topological polar surface area (TPSA) is 108 Å². The van der Waals surface area contributed by atoms with Crippen LogP contribution in [0.15, 0.2) is 24.5 Å². The summed E-state index contributed by atoms with van der Waals surface area (Å²) in [4.78, 5) is 22.4. The van der Waals surface area contributed by atoms with Gasteiger partial charge >= 0.3 is 6.18 Å². The molecule has 1 aliphatic rings. The Balaban J connectivity index is 2.24. The first-order chi connectivity index (χ1) is 14.9. The zero-order valence-corrected chi connectivity index (χ0v) is 18.1. The lowest BCUT2D eigenvalue weighted by molar-refractivity contribution is -0.141. The van der Waals surface area contributed by atoms with E-state index in [0.29, 0.717) is 31.7 Å². The number of aromatic nitrogens is 2. The first-order valence-electron chi connectivity index (χ1n) is 10.2. The number of nitrogens with zero attached hydrogens (tertiary/aromatic N) is 4. The van der Waals surface area contributed by atoms with E-state index in [4.69, 9.17) is 5.73 Å². The Morgan fingerprint density at radius 3 is 2.69 bits per heavy atom. The molecule has 1 aliphatic heterocycles. The summed E-state index contributed by atoms with van der Waals surface area (Å²) in [6.07, 6.45) is -1.71. The molecular weight excluding hydrogens is 421 g/mol. The van der Waals surface area contributed by atoms with Gasteiger partial charge in [-0.25, -0.2) is 4.98 Å². The number of nitriles is 1. The van der Waals surface area contributed by atoms with Crippen molar-refractivity contribution in [1.29, 1.82) is 5.26 Å². The zero-order chi connectivity index (χ0) is 23.7. The Morgan fingerprint density at radius 2 is 2.12 bits per heavy atom. The van der Waals surface area contributed by atoms with Crippen molar-refractivity contribution in [2.24, 2.45) is 11.7 Å². The van der Waals surface area contributed by atoms with Crippen molar-refractivity contribution in [3.8, 4) is 17.2 Å². The number of carbonyl (C=O) groups is 1. The summed E-state index contributed by atoms with van der Waals surface area (Å²) in [5.41, 5.74) is 5.38. The lowest BCUT2D eigenvalue weighted by Gasteiger charge is -2.27. The van der Waals surface area contributed by atoms with Gasteiger partial charge in [-0.15, -0.1) is 0 Å². The summed E-state index contributed by atoms with van der Waals surface area (Å²) in [6, 6.07) is 4.20. The summed E-state index contributed by atoms with van der Waals surface area (Å²) in [5.74, 6) is -0.218. The van der Waals surface area contributed by atoms with Gasteiger partial charge in [-0.1, -0.05) is 13.8 Å². The van der Waals surface area contributed by atoms with Crippen LogP contribution in [0.1, 0.15) is 48.9 Å². The number of rotatable bonds is 5. The van der Waals surface area contributed by atoms with E-state index in [9.17, 15) is 23.2 Å². The fourth-order valence-electron chi connectivity index (χ4n) is 3.66. The van der Waals surface area contributed by atoms with Crippen LogP contribution in [0.5, 0.6) is 0 Å². The fourth-order valence-corrected chi connectivity index (χ4v) is 3.66. The molecule has 170 valence electrons. The van der Waals surface area contributed by atoms with Gasteiger partial charge in [0, 0.05) is 43.1 Å². The monoisotopic (exact) mass is 446 g/mol. The maximum absolute atomic E-state index is 13.3. The van der Waals surface area contributed by atoms with E-state index in [0.717, 1.165) is 12.3 Å². The zero-order valence-electron chi connectivity index (χ0n) is 18.1. The molecule has 3 rings (SSSR count). The van der Waals surface area contributed by atoms with Crippen molar-refractivity contribution in [1.82, 2.24) is 15.3 Å². The number of hydrogen-bond donors (Lipinski definition) is 2. The molecule has 1 amide bonds. The summed E-state index contributed by atoms with van der Waals surface area (Å²) in [5, 5.41) is 12.5. The summed E-state index contributed by atoms with van der Waals surface area (Å²) >= 11 is 0. The van der Waals surface area contributed by atoms with Crippen LogP contribution < -0.4 is 16.0 Å². The van der Waals surface area contributed by atoms with E-state index in [1.165, 1.54) is 12.3 Å². The van der Waals surface area contributed by atoms with Crippen LogP contribution in [-0.4, -0.2) is 41.0 Å². The maximum atomic E-state index is 13.3. The number of alkyl halides is 3. The Hall–Kier alpha value is -3.19. The maximum Gasteiger partial charge on any atom is 0.433 e. The van der Waals surface area contributed by atoms with Crippen molar-refractivity contribution in [2.75, 3.05) is 24.5 Å². The molecule has 0 bridgehead atoms. The van der Waals surface area contributed by atoms with Crippen molar-refractivity contribution in [2.45, 2.75) is 38.9 Å². The molecule has 0 aromatic carbocycles. The molecule has 3 N–H and O–H groups in total. The molecule has 7 nitrogen and oxygen atoms in total. The minimum Gasteiger partial charge on any atom is -0.368 e. The van der Waals surface area contributed by atoms with Crippen LogP contribution in [0.4, 0.5) is 18.9 Å². The molecule has 1 fully saturated rings. The summed E-state index contributed by atoms with van der Waals surface area (Å²) in [7, 11) is 0. The van der Waals surface area contributed by atoms with Gasteiger partial charge in [0.1, 0.15) is 17.5 Å². The highest BCUT2D eigenvalue weighted by Crippen LogP contribution is 2.40. The van der Waals surface area contributed by atoms with Gasteiger partial charge in [0.2, 0.25) is 0 Å². The molecule has 0 saturated carbocycles. The lowest BCUT2D eigenvalue weighted by atomic mass is 9.97. The van der Waals surface area contributed by atoms with Crippen molar-refractivity contribution < 1.29 is 18.0 Å². The number of hydrogen-bond acceptors (Lipinski definition) is 6. The fraction of sp³-hybridized carbons (Fsp3) is 0.455. The van der Waals surface area contributed by atoms with Crippen molar-refractivity contribution in [3.63, 3.8) is 0 Å². The molecule has 1 saturated heterocycles. The molecule has 10 heteroatoms. The number of nitrogens with two attached hydrogens (primary N) is 1. The molecule has 0 spiro atoms. The highest BCUT2D eigenvalue weighted by atomic mass is 19.4. The van der Waals surface area contributed by atoms with E-state index in [1.54, 1.807) is 0 Å². The Morgan fingerprint density at radius 1 is 1.41 bits per heavy atom. The lowest BCUT2D eigenvalue weighted by Crippen LogP contribution is -2.40. The number of pyridine rings is 2. The van der Waals surface area contributed by atoms with Crippen molar-refractivity contribution >= 4 is 11.6 Å². The molecule has 2 aromatic rings. The SMILES string of the molecule is CC(C)CNC(=O)c1cnc(C#N)c(-c2ccnc(C(F)(F)F)c2)c1N1CC[C@](C)(N)C1. The number of carbonyl (C=O) groups excluding carboxylic acids is 1. The van der Waals surface area contributed by atoms with Gasteiger partial charge in [0.05, 0.1) is 11.3 Å². The molecular formula is C22H25F3N6O. The summed E-state index contributed by atoms with van der Waals surface area (Å²) < 4.78 is 40.0. The first-order valence-corrected chi connectivity index (χ1v) is 10.2. The minimum atomic E-state index is -4.66. The molecule has 0 unspecified atom stereocenters. The van der Waals surface area contributed by atoms with Crippen LogP contribution in [0.2, 0.25) is 0 Å². The van der Waals surface area contributed by atoms with Gasteiger partial charge in [0.25, 0.3) is 5.91 Å². The predicted octanol–water partition coefficient (Wildman–Crippen LogP) is 3.35. The van der Waals surface area contributed by atoms with Crippen LogP contribution in [0, 0.1) is 17.2 Å². The second-order valence-electron chi connectivity index (χ2n) is 8.71.